The van der Waals surface area contributed by atoms with Gasteiger partial charge in [0, 0.05) is 12.6 Å². The molecule has 0 radical (unpaired) electrons. The van der Waals surface area contributed by atoms with Crippen molar-refractivity contribution in [2.45, 2.75) is 6.42 Å². The number of amides is 1. The maximum absolute atomic E-state index is 11.7. The van der Waals surface area contributed by atoms with Crippen LogP contribution < -0.4 is 5.32 Å². The number of rotatable bonds is 5. The van der Waals surface area contributed by atoms with E-state index < -0.39 is 0 Å². The second-order valence-corrected chi connectivity index (χ2v) is 5.35. The van der Waals surface area contributed by atoms with Crippen LogP contribution in [-0.4, -0.2) is 12.5 Å². The number of carbonyl (C=O) groups is 1. The lowest BCUT2D eigenvalue weighted by molar-refractivity contribution is -0.116. The van der Waals surface area contributed by atoms with E-state index >= 15 is 0 Å². The topological polar surface area (TPSA) is 29.1 Å². The predicted molar refractivity (Wildman–Crippen MR) is 88.7 cm³/mol. The van der Waals surface area contributed by atoms with Gasteiger partial charge in [-0.1, -0.05) is 59.6 Å². The third-order valence-corrected chi connectivity index (χ3v) is 3.67. The lowest BCUT2D eigenvalue weighted by Gasteiger charge is -2.02. The fraction of sp³-hybridized carbons (Fsp3) is 0.118. The van der Waals surface area contributed by atoms with Crippen molar-refractivity contribution < 1.29 is 4.79 Å². The Labute approximate surface area is 134 Å². The van der Waals surface area contributed by atoms with Gasteiger partial charge in [0.2, 0.25) is 5.91 Å². The highest BCUT2D eigenvalue weighted by Gasteiger charge is 1.99. The Morgan fingerprint density at radius 1 is 1.05 bits per heavy atom. The van der Waals surface area contributed by atoms with Crippen LogP contribution in [0.3, 0.4) is 0 Å². The minimum absolute atomic E-state index is 0.128. The van der Waals surface area contributed by atoms with Crippen LogP contribution in [0, 0.1) is 0 Å². The van der Waals surface area contributed by atoms with Gasteiger partial charge in [-0.15, -0.1) is 0 Å². The number of benzene rings is 2. The van der Waals surface area contributed by atoms with Crippen LogP contribution >= 0.6 is 23.2 Å². The van der Waals surface area contributed by atoms with E-state index in [0.717, 1.165) is 12.0 Å². The van der Waals surface area contributed by atoms with E-state index in [-0.39, 0.29) is 5.91 Å². The van der Waals surface area contributed by atoms with Crippen LogP contribution in [0.25, 0.3) is 6.08 Å². The van der Waals surface area contributed by atoms with E-state index in [1.54, 1.807) is 18.2 Å². The van der Waals surface area contributed by atoms with Gasteiger partial charge < -0.3 is 5.32 Å². The summed E-state index contributed by atoms with van der Waals surface area (Å²) >= 11 is 11.7. The summed E-state index contributed by atoms with van der Waals surface area (Å²) in [5.74, 6) is -0.128. The molecule has 21 heavy (non-hydrogen) atoms. The fourth-order valence-corrected chi connectivity index (χ4v) is 2.13. The summed E-state index contributed by atoms with van der Waals surface area (Å²) in [7, 11) is 0. The molecule has 2 nitrogen and oxygen atoms in total. The third kappa shape index (κ3) is 5.25. The van der Waals surface area contributed by atoms with Crippen molar-refractivity contribution in [2.24, 2.45) is 0 Å². The number of hydrogen-bond donors (Lipinski definition) is 1. The maximum Gasteiger partial charge on any atom is 0.244 e. The summed E-state index contributed by atoms with van der Waals surface area (Å²) in [6, 6.07) is 15.3. The number of carbonyl (C=O) groups excluding carboxylic acids is 1. The molecule has 0 heterocycles. The standard InChI is InChI=1S/C17H15Cl2NO/c18-15-8-6-14(12-16(15)19)7-9-17(21)20-11-10-13-4-2-1-3-5-13/h1-9,12H,10-11H2,(H,20,21). The van der Waals surface area contributed by atoms with Crippen molar-refractivity contribution >= 4 is 35.2 Å². The maximum atomic E-state index is 11.7. The van der Waals surface area contributed by atoms with Crippen molar-refractivity contribution in [1.29, 1.82) is 0 Å². The van der Waals surface area contributed by atoms with E-state index in [1.807, 2.05) is 36.4 Å². The molecule has 108 valence electrons. The molecule has 0 aliphatic rings. The first-order chi connectivity index (χ1) is 10.1. The Kier molecular flexibility index (Phi) is 5.85. The average molecular weight is 320 g/mol. The molecule has 0 fully saturated rings. The highest BCUT2D eigenvalue weighted by atomic mass is 35.5. The molecule has 1 amide bonds. The molecule has 0 bridgehead atoms. The molecule has 0 atom stereocenters. The summed E-state index contributed by atoms with van der Waals surface area (Å²) in [5.41, 5.74) is 2.04. The van der Waals surface area contributed by atoms with Gasteiger partial charge in [0.25, 0.3) is 0 Å². The van der Waals surface area contributed by atoms with Crippen molar-refractivity contribution in [2.75, 3.05) is 6.54 Å². The Balaban J connectivity index is 1.81. The molecule has 1 N–H and O–H groups in total. The zero-order valence-corrected chi connectivity index (χ0v) is 12.9. The van der Waals surface area contributed by atoms with Crippen LogP contribution in [0.5, 0.6) is 0 Å². The quantitative estimate of drug-likeness (QED) is 0.815. The van der Waals surface area contributed by atoms with Crippen molar-refractivity contribution in [3.8, 4) is 0 Å². The Morgan fingerprint density at radius 2 is 1.81 bits per heavy atom. The molecule has 2 rings (SSSR count). The zero-order chi connectivity index (χ0) is 15.1. The molecule has 4 heteroatoms. The van der Waals surface area contributed by atoms with Crippen LogP contribution in [-0.2, 0) is 11.2 Å². The molecule has 0 saturated carbocycles. The first-order valence-electron chi connectivity index (χ1n) is 6.60. The van der Waals surface area contributed by atoms with E-state index in [9.17, 15) is 4.79 Å². The highest BCUT2D eigenvalue weighted by Crippen LogP contribution is 2.22. The van der Waals surface area contributed by atoms with Gasteiger partial charge in [0.05, 0.1) is 10.0 Å². The lowest BCUT2D eigenvalue weighted by Crippen LogP contribution is -2.23. The first kappa shape index (κ1) is 15.6. The summed E-state index contributed by atoms with van der Waals surface area (Å²) in [6.45, 7) is 0.606. The Bertz CT molecular complexity index is 638. The monoisotopic (exact) mass is 319 g/mol. The molecule has 0 spiro atoms. The molecule has 2 aromatic carbocycles. The minimum Gasteiger partial charge on any atom is -0.352 e. The largest absolute Gasteiger partial charge is 0.352 e. The van der Waals surface area contributed by atoms with Crippen LogP contribution in [0.1, 0.15) is 11.1 Å². The first-order valence-corrected chi connectivity index (χ1v) is 7.35. The second kappa shape index (κ2) is 7.87. The van der Waals surface area contributed by atoms with E-state index in [2.05, 4.69) is 5.32 Å². The van der Waals surface area contributed by atoms with Gasteiger partial charge in [-0.25, -0.2) is 0 Å². The SMILES string of the molecule is O=C(C=Cc1ccc(Cl)c(Cl)c1)NCCc1ccccc1. The van der Waals surface area contributed by atoms with Crippen LogP contribution in [0.15, 0.2) is 54.6 Å². The van der Waals surface area contributed by atoms with Gasteiger partial charge in [-0.2, -0.15) is 0 Å². The Morgan fingerprint density at radius 3 is 2.52 bits per heavy atom. The van der Waals surface area contributed by atoms with Gasteiger partial charge >= 0.3 is 0 Å². The predicted octanol–water partition coefficient (Wildman–Crippen LogP) is 4.37. The number of halogens is 2. The molecule has 0 saturated heterocycles. The Hall–Kier alpha value is -1.77. The molecular formula is C17H15Cl2NO. The molecule has 0 aliphatic carbocycles. The molecule has 0 unspecified atom stereocenters. The van der Waals surface area contributed by atoms with Gasteiger partial charge in [0.15, 0.2) is 0 Å². The summed E-state index contributed by atoms with van der Waals surface area (Å²) < 4.78 is 0. The lowest BCUT2D eigenvalue weighted by atomic mass is 10.1. The van der Waals surface area contributed by atoms with Crippen molar-refractivity contribution in [1.82, 2.24) is 5.32 Å². The van der Waals surface area contributed by atoms with Crippen LogP contribution in [0.2, 0.25) is 10.0 Å². The van der Waals surface area contributed by atoms with Gasteiger partial charge in [0.1, 0.15) is 0 Å². The highest BCUT2D eigenvalue weighted by molar-refractivity contribution is 6.42. The number of hydrogen-bond acceptors (Lipinski definition) is 1. The summed E-state index contributed by atoms with van der Waals surface area (Å²) in [4.78, 5) is 11.7. The summed E-state index contributed by atoms with van der Waals surface area (Å²) in [6.07, 6.45) is 4.01. The van der Waals surface area contributed by atoms with E-state index in [1.165, 1.54) is 11.6 Å². The summed E-state index contributed by atoms with van der Waals surface area (Å²) in [5, 5.41) is 3.82. The number of nitrogens with one attached hydrogen (secondary N) is 1. The van der Waals surface area contributed by atoms with Gasteiger partial charge in [-0.05, 0) is 35.8 Å². The zero-order valence-electron chi connectivity index (χ0n) is 11.4. The molecule has 0 aromatic heterocycles. The normalized spacial score (nSPS) is 10.8. The average Bonchev–Trinajstić information content (AvgIpc) is 2.49. The molecule has 2 aromatic rings. The van der Waals surface area contributed by atoms with Gasteiger partial charge in [-0.3, -0.25) is 4.79 Å². The van der Waals surface area contributed by atoms with E-state index in [0.29, 0.717) is 16.6 Å². The molecule has 0 aliphatic heterocycles. The minimum atomic E-state index is -0.128. The third-order valence-electron chi connectivity index (χ3n) is 2.93. The smallest absolute Gasteiger partial charge is 0.244 e. The molecular weight excluding hydrogens is 305 g/mol. The second-order valence-electron chi connectivity index (χ2n) is 4.53. The van der Waals surface area contributed by atoms with Crippen LogP contribution in [0.4, 0.5) is 0 Å². The fourth-order valence-electron chi connectivity index (χ4n) is 1.82. The van der Waals surface area contributed by atoms with Crippen molar-refractivity contribution in [3.63, 3.8) is 0 Å². The van der Waals surface area contributed by atoms with Crippen molar-refractivity contribution in [3.05, 3.63) is 75.8 Å². The van der Waals surface area contributed by atoms with E-state index in [4.69, 9.17) is 23.2 Å².